The van der Waals surface area contributed by atoms with Gasteiger partial charge in [0, 0.05) is 6.26 Å². The smallest absolute Gasteiger partial charge is 0.237 e. The number of piperidine rings is 1. The lowest BCUT2D eigenvalue weighted by molar-refractivity contribution is -0.126. The molecule has 0 aromatic heterocycles. The van der Waals surface area contributed by atoms with Crippen LogP contribution in [0.3, 0.4) is 0 Å². The van der Waals surface area contributed by atoms with E-state index in [1.165, 1.54) is 82.1 Å². The first kappa shape index (κ1) is 29.7. The molecular weight excluding hydrogens is 464 g/mol. The molecule has 200 valence electrons. The van der Waals surface area contributed by atoms with Crippen molar-refractivity contribution in [3.63, 3.8) is 0 Å². The van der Waals surface area contributed by atoms with E-state index in [0.717, 1.165) is 32.1 Å². The van der Waals surface area contributed by atoms with Crippen molar-refractivity contribution in [1.29, 1.82) is 0 Å². The lowest BCUT2D eigenvalue weighted by Gasteiger charge is -2.31. The van der Waals surface area contributed by atoms with E-state index in [1.807, 2.05) is 0 Å². The summed E-state index contributed by atoms with van der Waals surface area (Å²) in [6.07, 6.45) is 14.7. The van der Waals surface area contributed by atoms with E-state index in [-0.39, 0.29) is 16.8 Å². The van der Waals surface area contributed by atoms with E-state index in [2.05, 4.69) is 17.6 Å². The number of carbonyl (C=O) groups excluding carboxylic acids is 1. The van der Waals surface area contributed by atoms with Crippen molar-refractivity contribution >= 4 is 15.7 Å². The molecule has 1 aromatic carbocycles. The molecule has 1 heterocycles. The molecule has 8 heteroatoms. The molecule has 7 nitrogen and oxygen atoms in total. The fourth-order valence-corrected chi connectivity index (χ4v) is 5.48. The van der Waals surface area contributed by atoms with Gasteiger partial charge in [-0.15, -0.1) is 0 Å². The number of unbranched alkanes of at least 4 members (excludes halogenated alkanes) is 8. The van der Waals surface area contributed by atoms with E-state index >= 15 is 0 Å². The Morgan fingerprint density at radius 2 is 1.66 bits per heavy atom. The summed E-state index contributed by atoms with van der Waals surface area (Å²) in [7, 11) is -3.34. The highest BCUT2D eigenvalue weighted by molar-refractivity contribution is 7.90. The van der Waals surface area contributed by atoms with Crippen LogP contribution in [0.5, 0.6) is 0 Å². The largest absolute Gasteiger partial charge is 0.394 e. The molecule has 1 amide bonds. The second-order valence-corrected chi connectivity index (χ2v) is 12.1. The van der Waals surface area contributed by atoms with Gasteiger partial charge >= 0.3 is 0 Å². The van der Waals surface area contributed by atoms with Gasteiger partial charge < -0.3 is 20.8 Å². The number of aliphatic hydroxyl groups is 2. The molecule has 0 saturated carbocycles. The van der Waals surface area contributed by atoms with Crippen molar-refractivity contribution in [2.24, 2.45) is 5.92 Å². The molecule has 1 saturated heterocycles. The summed E-state index contributed by atoms with van der Waals surface area (Å²) < 4.78 is 23.3. The highest BCUT2D eigenvalue weighted by Gasteiger charge is 2.30. The number of amides is 1. The maximum atomic E-state index is 12.9. The van der Waals surface area contributed by atoms with Gasteiger partial charge in [-0.25, -0.2) is 8.42 Å². The van der Waals surface area contributed by atoms with Crippen LogP contribution >= 0.6 is 0 Å². The zero-order valence-corrected chi connectivity index (χ0v) is 22.4. The summed E-state index contributed by atoms with van der Waals surface area (Å²) in [4.78, 5) is 13.0. The molecule has 4 N–H and O–H groups in total. The number of sulfone groups is 1. The topological polar surface area (TPSA) is 116 Å². The number of hydrogen-bond acceptors (Lipinski definition) is 6. The molecule has 1 aromatic rings. The van der Waals surface area contributed by atoms with E-state index in [1.54, 1.807) is 0 Å². The van der Waals surface area contributed by atoms with Crippen molar-refractivity contribution < 1.29 is 23.4 Å². The molecule has 4 atom stereocenters. The van der Waals surface area contributed by atoms with Crippen LogP contribution in [0.25, 0.3) is 0 Å². The Labute approximate surface area is 212 Å². The molecule has 0 aliphatic carbocycles. The molecule has 0 radical (unpaired) electrons. The number of rotatable bonds is 16. The quantitative estimate of drug-likeness (QED) is 0.251. The number of benzene rings is 1. The van der Waals surface area contributed by atoms with Crippen LogP contribution in [0, 0.1) is 5.92 Å². The average Bonchev–Trinajstić information content (AvgIpc) is 2.85. The third-order valence-corrected chi connectivity index (χ3v) is 8.23. The Morgan fingerprint density at radius 3 is 2.23 bits per heavy atom. The normalized spacial score (nSPS) is 20.3. The molecule has 1 fully saturated rings. The van der Waals surface area contributed by atoms with Crippen molar-refractivity contribution in [2.45, 2.75) is 107 Å². The minimum absolute atomic E-state index is 0.155. The first-order valence-electron chi connectivity index (χ1n) is 13.4. The third-order valence-electron chi connectivity index (χ3n) is 7.10. The number of carbonyl (C=O) groups is 1. The first-order chi connectivity index (χ1) is 16.8. The van der Waals surface area contributed by atoms with Crippen LogP contribution in [-0.4, -0.2) is 56.0 Å². The molecule has 0 bridgehead atoms. The van der Waals surface area contributed by atoms with Crippen LogP contribution in [0.2, 0.25) is 0 Å². The average molecular weight is 511 g/mol. The SMILES string of the molecule is CCCCCCCCCCC[C@@H]1CCN[C@H](C(=O)N[C@@H](CO)[C@H](O)c2ccc(S(C)(=O)=O)cc2)C1. The zero-order chi connectivity index (χ0) is 25.7. The highest BCUT2D eigenvalue weighted by atomic mass is 32.2. The predicted molar refractivity (Wildman–Crippen MR) is 140 cm³/mol. The van der Waals surface area contributed by atoms with Gasteiger partial charge in [0.2, 0.25) is 5.91 Å². The monoisotopic (exact) mass is 510 g/mol. The standard InChI is InChI=1S/C27H46N2O5S/c1-3-4-5-6-7-8-9-10-11-12-21-17-18-28-24(19-21)27(32)29-25(20-30)26(31)22-13-15-23(16-14-22)35(2,33)34/h13-16,21,24-26,28,30-31H,3-12,17-20H2,1-2H3,(H,29,32)/t21-,24+,25+,26-/m1/s1. The maximum absolute atomic E-state index is 12.9. The maximum Gasteiger partial charge on any atom is 0.237 e. The molecule has 0 unspecified atom stereocenters. The van der Waals surface area contributed by atoms with Gasteiger partial charge in [0.25, 0.3) is 0 Å². The second-order valence-electron chi connectivity index (χ2n) is 10.1. The Bertz CT molecular complexity index is 844. The summed E-state index contributed by atoms with van der Waals surface area (Å²) in [5.41, 5.74) is 0.441. The Morgan fingerprint density at radius 1 is 1.06 bits per heavy atom. The fraction of sp³-hybridized carbons (Fsp3) is 0.741. The molecular formula is C27H46N2O5S. The van der Waals surface area contributed by atoms with Crippen LogP contribution in [0.15, 0.2) is 29.2 Å². The summed E-state index contributed by atoms with van der Waals surface area (Å²) in [5, 5.41) is 26.5. The van der Waals surface area contributed by atoms with Crippen LogP contribution < -0.4 is 10.6 Å². The molecule has 1 aliphatic heterocycles. The minimum atomic E-state index is -3.34. The van der Waals surface area contributed by atoms with Gasteiger partial charge in [-0.1, -0.05) is 83.3 Å². The van der Waals surface area contributed by atoms with Gasteiger partial charge in [0.15, 0.2) is 9.84 Å². The van der Waals surface area contributed by atoms with Gasteiger partial charge in [0.05, 0.1) is 23.6 Å². The van der Waals surface area contributed by atoms with Crippen molar-refractivity contribution in [2.75, 3.05) is 19.4 Å². The Kier molecular flexibility index (Phi) is 13.3. The third kappa shape index (κ3) is 10.6. The van der Waals surface area contributed by atoms with Crippen molar-refractivity contribution in [1.82, 2.24) is 10.6 Å². The molecule has 1 aliphatic rings. The number of nitrogens with one attached hydrogen (secondary N) is 2. The molecule has 0 spiro atoms. The zero-order valence-electron chi connectivity index (χ0n) is 21.5. The van der Waals surface area contributed by atoms with Crippen molar-refractivity contribution in [3.8, 4) is 0 Å². The number of hydrogen-bond donors (Lipinski definition) is 4. The van der Waals surface area contributed by atoms with Gasteiger partial charge in [0.1, 0.15) is 6.10 Å². The fourth-order valence-electron chi connectivity index (χ4n) is 4.85. The van der Waals surface area contributed by atoms with E-state index in [4.69, 9.17) is 0 Å². The highest BCUT2D eigenvalue weighted by Crippen LogP contribution is 2.24. The summed E-state index contributed by atoms with van der Waals surface area (Å²) >= 11 is 0. The summed E-state index contributed by atoms with van der Waals surface area (Å²) in [6, 6.07) is 4.66. The van der Waals surface area contributed by atoms with E-state index in [0.29, 0.717) is 11.5 Å². The van der Waals surface area contributed by atoms with Crippen LogP contribution in [-0.2, 0) is 14.6 Å². The molecule has 35 heavy (non-hydrogen) atoms. The lowest BCUT2D eigenvalue weighted by Crippen LogP contribution is -2.53. The Balaban J connectivity index is 1.75. The van der Waals surface area contributed by atoms with Gasteiger partial charge in [-0.2, -0.15) is 0 Å². The minimum Gasteiger partial charge on any atom is -0.394 e. The van der Waals surface area contributed by atoms with Gasteiger partial charge in [-0.05, 0) is 43.0 Å². The van der Waals surface area contributed by atoms with Crippen molar-refractivity contribution in [3.05, 3.63) is 29.8 Å². The summed E-state index contributed by atoms with van der Waals surface area (Å²) in [5.74, 6) is 0.297. The predicted octanol–water partition coefficient (Wildman–Crippen LogP) is 3.89. The Hall–Kier alpha value is -1.48. The second kappa shape index (κ2) is 15.6. The first-order valence-corrected chi connectivity index (χ1v) is 15.3. The van der Waals surface area contributed by atoms with Crippen LogP contribution in [0.4, 0.5) is 0 Å². The van der Waals surface area contributed by atoms with Gasteiger partial charge in [-0.3, -0.25) is 4.79 Å². The van der Waals surface area contributed by atoms with E-state index < -0.39 is 28.6 Å². The van der Waals surface area contributed by atoms with E-state index in [9.17, 15) is 23.4 Å². The lowest BCUT2D eigenvalue weighted by atomic mass is 9.87. The summed E-state index contributed by atoms with van der Waals surface area (Å²) in [6.45, 7) is 2.61. The van der Waals surface area contributed by atoms with Crippen LogP contribution in [0.1, 0.15) is 95.6 Å². The molecule has 2 rings (SSSR count). The number of aliphatic hydroxyl groups excluding tert-OH is 2.